The first-order valence-electron chi connectivity index (χ1n) is 14.2. The van der Waals surface area contributed by atoms with Gasteiger partial charge in [0.1, 0.15) is 28.5 Å². The zero-order chi connectivity index (χ0) is 31.9. The SMILES string of the molecule is CCOC(=O)c1cc2cc(OC)cnc2n1Cc1ccc(Cl)cc1.COc1cnc2c(c1)cc(CO)n2Cc1ccc(Cl)cc1.[AlH3].[H-].[Li+]. The number of fused-ring (bicyclic) bond motifs is 2. The van der Waals surface area contributed by atoms with Gasteiger partial charge in [-0.15, -0.1) is 0 Å². The molecule has 4 heterocycles. The molecule has 0 aliphatic rings. The Bertz CT molecular complexity index is 1940. The molecule has 9 nitrogen and oxygen atoms in total. The second kappa shape index (κ2) is 17.6. The van der Waals surface area contributed by atoms with Gasteiger partial charge in [0.05, 0.1) is 39.8 Å². The van der Waals surface area contributed by atoms with E-state index >= 15 is 0 Å². The van der Waals surface area contributed by atoms with Crippen LogP contribution in [-0.4, -0.2) is 68.4 Å². The number of methoxy groups -OCH3 is 2. The Labute approximate surface area is 307 Å². The van der Waals surface area contributed by atoms with Crippen LogP contribution in [0.3, 0.4) is 0 Å². The van der Waals surface area contributed by atoms with Gasteiger partial charge in [0.15, 0.2) is 17.4 Å². The Morgan fingerprint density at radius 3 is 1.72 bits per heavy atom. The van der Waals surface area contributed by atoms with Gasteiger partial charge in [-0.3, -0.25) is 0 Å². The first-order chi connectivity index (χ1) is 21.8. The maximum Gasteiger partial charge on any atom is 1.00 e. The van der Waals surface area contributed by atoms with Crippen LogP contribution in [0, 0.1) is 0 Å². The Morgan fingerprint density at radius 2 is 1.26 bits per heavy atom. The zero-order valence-corrected chi connectivity index (χ0v) is 27.5. The fraction of sp³-hybridized carbons (Fsp3) is 0.206. The molecule has 0 saturated heterocycles. The molecule has 47 heavy (non-hydrogen) atoms. The summed E-state index contributed by atoms with van der Waals surface area (Å²) in [4.78, 5) is 21.2. The summed E-state index contributed by atoms with van der Waals surface area (Å²) < 4.78 is 19.4. The number of nitrogens with zero attached hydrogens (tertiary/aromatic N) is 4. The fourth-order valence-corrected chi connectivity index (χ4v) is 5.17. The van der Waals surface area contributed by atoms with E-state index in [0.717, 1.165) is 33.2 Å². The average molecular weight is 686 g/mol. The predicted octanol–water partition coefficient (Wildman–Crippen LogP) is 3.09. The van der Waals surface area contributed by atoms with Gasteiger partial charge in [0.2, 0.25) is 0 Å². The topological polar surface area (TPSA) is 101 Å². The van der Waals surface area contributed by atoms with Crippen molar-refractivity contribution in [1.29, 1.82) is 0 Å². The summed E-state index contributed by atoms with van der Waals surface area (Å²) in [6, 6.07) is 22.6. The molecule has 0 spiro atoms. The third kappa shape index (κ3) is 9.13. The molecule has 0 aliphatic heterocycles. The molecule has 0 amide bonds. The van der Waals surface area contributed by atoms with Gasteiger partial charge >= 0.3 is 24.8 Å². The van der Waals surface area contributed by atoms with Crippen LogP contribution in [0.5, 0.6) is 11.5 Å². The number of hydrogen-bond donors (Lipinski definition) is 1. The smallest absolute Gasteiger partial charge is 1.00 e. The van der Waals surface area contributed by atoms with Crippen molar-refractivity contribution in [3.63, 3.8) is 0 Å². The maximum absolute atomic E-state index is 12.3. The molecule has 0 radical (unpaired) electrons. The third-order valence-electron chi connectivity index (χ3n) is 7.13. The Kier molecular flexibility index (Phi) is 14.3. The molecule has 0 unspecified atom stereocenters. The number of halogens is 2. The number of carbonyl (C=O) groups excluding carboxylic acids is 1. The van der Waals surface area contributed by atoms with Gasteiger partial charge in [-0.05, 0) is 66.6 Å². The van der Waals surface area contributed by atoms with Crippen molar-refractivity contribution in [3.8, 4) is 11.5 Å². The quantitative estimate of drug-likeness (QED) is 0.185. The summed E-state index contributed by atoms with van der Waals surface area (Å²) in [5.41, 5.74) is 4.93. The normalized spacial score (nSPS) is 10.4. The van der Waals surface area contributed by atoms with E-state index in [2.05, 4.69) is 9.97 Å². The fourth-order valence-electron chi connectivity index (χ4n) is 4.91. The molecule has 0 bridgehead atoms. The number of aliphatic hydroxyl groups is 1. The number of ether oxygens (including phenoxy) is 3. The molecule has 0 saturated carbocycles. The van der Waals surface area contributed by atoms with E-state index in [9.17, 15) is 9.90 Å². The van der Waals surface area contributed by atoms with Crippen LogP contribution < -0.4 is 28.3 Å². The molecule has 0 fully saturated rings. The number of carbonyl (C=O) groups is 1. The Morgan fingerprint density at radius 1 is 0.787 bits per heavy atom. The van der Waals surface area contributed by atoms with Crippen molar-refractivity contribution in [3.05, 3.63) is 118 Å². The van der Waals surface area contributed by atoms with E-state index in [1.54, 1.807) is 39.6 Å². The minimum Gasteiger partial charge on any atom is -1.00 e. The molecular formula is C34H36AlCl2LiN4O5. The minimum absolute atomic E-state index is 0. The molecule has 6 rings (SSSR count). The van der Waals surface area contributed by atoms with Crippen molar-refractivity contribution in [1.82, 2.24) is 19.1 Å². The van der Waals surface area contributed by atoms with Gasteiger partial charge in [-0.1, -0.05) is 47.5 Å². The second-order valence-electron chi connectivity index (χ2n) is 10.0. The Balaban J connectivity index is 0.000000316. The van der Waals surface area contributed by atoms with Crippen molar-refractivity contribution in [2.45, 2.75) is 26.6 Å². The molecular weight excluding hydrogens is 649 g/mol. The van der Waals surface area contributed by atoms with Crippen LogP contribution in [0.4, 0.5) is 0 Å². The summed E-state index contributed by atoms with van der Waals surface area (Å²) >= 11 is 11.8. The molecule has 1 N–H and O–H groups in total. The van der Waals surface area contributed by atoms with E-state index in [1.165, 1.54) is 0 Å². The number of rotatable bonds is 9. The minimum atomic E-state index is -0.372. The Hall–Kier alpha value is -3.44. The standard InChI is InChI=1S/C18H17ClN2O3.C16H15ClN2O2.Al.Li.4H/c1-3-24-18(22)16-9-13-8-15(23-2)10-20-17(13)21(16)11-12-4-6-14(19)7-5-12;1-21-15-7-12-6-14(10-20)19(16(12)18-8-15)9-11-2-4-13(17)5-3-11;;;;;;/h4-10H,3,11H2,1-2H3;2-8,20H,9-10H2,1H3;;;;;;/q;;;+1;;;;-1. The van der Waals surface area contributed by atoms with Crippen LogP contribution >= 0.6 is 23.2 Å². The first-order valence-corrected chi connectivity index (χ1v) is 14.9. The molecule has 0 atom stereocenters. The van der Waals surface area contributed by atoms with Crippen molar-refractivity contribution in [2.24, 2.45) is 0 Å². The van der Waals surface area contributed by atoms with Crippen LogP contribution in [0.1, 0.15) is 35.7 Å². The van der Waals surface area contributed by atoms with Gasteiger partial charge in [-0.25, -0.2) is 14.8 Å². The summed E-state index contributed by atoms with van der Waals surface area (Å²) in [5, 5.41) is 12.7. The van der Waals surface area contributed by atoms with Crippen molar-refractivity contribution in [2.75, 3.05) is 20.8 Å². The van der Waals surface area contributed by atoms with Gasteiger partial charge < -0.3 is 29.9 Å². The van der Waals surface area contributed by atoms with E-state index in [0.29, 0.717) is 52.6 Å². The van der Waals surface area contributed by atoms with Gasteiger partial charge in [0.25, 0.3) is 0 Å². The number of aromatic nitrogens is 4. The number of aliphatic hydroxyl groups excluding tert-OH is 1. The predicted molar refractivity (Wildman–Crippen MR) is 187 cm³/mol. The van der Waals surface area contributed by atoms with E-state index in [4.69, 9.17) is 37.4 Å². The summed E-state index contributed by atoms with van der Waals surface area (Å²) in [7, 11) is 3.19. The van der Waals surface area contributed by atoms with E-state index < -0.39 is 0 Å². The summed E-state index contributed by atoms with van der Waals surface area (Å²) in [6.45, 7) is 3.19. The molecule has 2 aromatic carbocycles. The van der Waals surface area contributed by atoms with Crippen LogP contribution in [0.15, 0.2) is 85.2 Å². The largest absolute Gasteiger partial charge is 1.00 e. The van der Waals surface area contributed by atoms with Crippen LogP contribution in [-0.2, 0) is 24.4 Å². The van der Waals surface area contributed by atoms with Crippen LogP contribution in [0.2, 0.25) is 10.0 Å². The van der Waals surface area contributed by atoms with E-state index in [-0.39, 0.29) is 50.2 Å². The van der Waals surface area contributed by atoms with Gasteiger partial charge in [-0.2, -0.15) is 0 Å². The summed E-state index contributed by atoms with van der Waals surface area (Å²) in [6.07, 6.45) is 3.32. The zero-order valence-electron chi connectivity index (χ0n) is 27.0. The number of hydrogen-bond acceptors (Lipinski definition) is 7. The second-order valence-corrected chi connectivity index (χ2v) is 10.9. The molecule has 6 aromatic rings. The molecule has 0 aliphatic carbocycles. The third-order valence-corrected chi connectivity index (χ3v) is 7.63. The monoisotopic (exact) mass is 684 g/mol. The molecule has 13 heteroatoms. The molecule has 240 valence electrons. The summed E-state index contributed by atoms with van der Waals surface area (Å²) in [5.74, 6) is 0.973. The van der Waals surface area contributed by atoms with Crippen molar-refractivity contribution < 1.29 is 44.4 Å². The average Bonchev–Trinajstić information content (AvgIpc) is 3.60. The number of pyridine rings is 2. The maximum atomic E-state index is 12.3. The van der Waals surface area contributed by atoms with E-state index in [1.807, 2.05) is 75.9 Å². The first kappa shape index (κ1) is 38.0. The molecule has 4 aromatic heterocycles. The van der Waals surface area contributed by atoms with Gasteiger partial charge in [0, 0.05) is 39.6 Å². The number of esters is 1. The van der Waals surface area contributed by atoms with Crippen molar-refractivity contribution >= 4 is 68.6 Å². The number of benzene rings is 2. The van der Waals surface area contributed by atoms with Crippen LogP contribution in [0.25, 0.3) is 22.1 Å².